The molecule has 1 aliphatic rings. The summed E-state index contributed by atoms with van der Waals surface area (Å²) in [7, 11) is 0.162. The molecule has 4 rings (SSSR count). The number of sulfonamides is 1. The van der Waals surface area contributed by atoms with E-state index in [1.54, 1.807) is 18.2 Å². The number of hydrogen-bond donors (Lipinski definition) is 1. The van der Waals surface area contributed by atoms with Gasteiger partial charge < -0.3 is 10.2 Å². The molecular formula is C22H23N3O3S. The summed E-state index contributed by atoms with van der Waals surface area (Å²) in [4.78, 5) is 15.0. The Morgan fingerprint density at radius 3 is 2.38 bits per heavy atom. The average Bonchev–Trinajstić information content (AvgIpc) is 2.92. The standard InChI is InChI=1S/C22H23N3O3S/c1-24(2)19(16-8-4-3-5-9-16)14-23-21(26)15-25-18-12-6-10-17-11-7-13-20(22(17)18)29(25,27)28/h3-13,19H,14-15H2,1-2H3,(H,23,26). The Morgan fingerprint density at radius 2 is 1.69 bits per heavy atom. The van der Waals surface area contributed by atoms with E-state index in [1.807, 2.05) is 67.5 Å². The topological polar surface area (TPSA) is 69.7 Å². The maximum Gasteiger partial charge on any atom is 0.265 e. The fraction of sp³-hybridized carbons (Fsp3) is 0.227. The van der Waals surface area contributed by atoms with Crippen LogP contribution in [0.2, 0.25) is 0 Å². The summed E-state index contributed by atoms with van der Waals surface area (Å²) in [6.45, 7) is 0.145. The van der Waals surface area contributed by atoms with Crippen LogP contribution in [0.4, 0.5) is 5.69 Å². The maximum atomic E-state index is 13.0. The third kappa shape index (κ3) is 3.47. The fourth-order valence-electron chi connectivity index (χ4n) is 3.80. The molecule has 0 fully saturated rings. The van der Waals surface area contributed by atoms with Crippen LogP contribution in [-0.2, 0) is 14.8 Å². The van der Waals surface area contributed by atoms with Gasteiger partial charge in [0.05, 0.1) is 16.6 Å². The van der Waals surface area contributed by atoms with Crippen LogP contribution >= 0.6 is 0 Å². The second-order valence-electron chi connectivity index (χ2n) is 7.34. The fourth-order valence-corrected chi connectivity index (χ4v) is 5.47. The van der Waals surface area contributed by atoms with Crippen molar-refractivity contribution in [3.63, 3.8) is 0 Å². The molecule has 3 aromatic rings. The molecule has 0 aliphatic carbocycles. The lowest BCUT2D eigenvalue weighted by Gasteiger charge is -2.26. The number of amides is 1. The van der Waals surface area contributed by atoms with Gasteiger partial charge in [-0.2, -0.15) is 0 Å². The van der Waals surface area contributed by atoms with Gasteiger partial charge in [-0.15, -0.1) is 0 Å². The second-order valence-corrected chi connectivity index (χ2v) is 9.17. The minimum Gasteiger partial charge on any atom is -0.353 e. The van der Waals surface area contributed by atoms with Crippen molar-refractivity contribution >= 4 is 32.4 Å². The van der Waals surface area contributed by atoms with Crippen LogP contribution in [0.25, 0.3) is 10.8 Å². The number of anilines is 1. The van der Waals surface area contributed by atoms with E-state index in [9.17, 15) is 13.2 Å². The van der Waals surface area contributed by atoms with Crippen molar-refractivity contribution in [3.05, 3.63) is 72.3 Å². The van der Waals surface area contributed by atoms with Crippen molar-refractivity contribution in [2.45, 2.75) is 10.9 Å². The highest BCUT2D eigenvalue weighted by molar-refractivity contribution is 7.93. The minimum atomic E-state index is -3.74. The van der Waals surface area contributed by atoms with Crippen LogP contribution in [0.1, 0.15) is 11.6 Å². The van der Waals surface area contributed by atoms with Gasteiger partial charge in [0.25, 0.3) is 10.0 Å². The molecule has 0 radical (unpaired) electrons. The predicted molar refractivity (Wildman–Crippen MR) is 114 cm³/mol. The van der Waals surface area contributed by atoms with Crippen molar-refractivity contribution in [2.24, 2.45) is 0 Å². The van der Waals surface area contributed by atoms with E-state index in [0.29, 0.717) is 17.6 Å². The normalized spacial score (nSPS) is 15.6. The maximum absolute atomic E-state index is 13.0. The summed E-state index contributed by atoms with van der Waals surface area (Å²) < 4.78 is 27.2. The van der Waals surface area contributed by atoms with Crippen molar-refractivity contribution < 1.29 is 13.2 Å². The molecule has 7 heteroatoms. The highest BCUT2D eigenvalue weighted by Crippen LogP contribution is 2.41. The van der Waals surface area contributed by atoms with Gasteiger partial charge in [-0.1, -0.05) is 54.6 Å². The number of rotatable bonds is 6. The summed E-state index contributed by atoms with van der Waals surface area (Å²) in [5.74, 6) is -0.332. The molecule has 1 amide bonds. The SMILES string of the molecule is CN(C)C(CNC(=O)CN1c2cccc3cccc(c23)S1(=O)=O)c1ccccc1. The Balaban J connectivity index is 1.53. The number of nitrogens with one attached hydrogen (secondary N) is 1. The van der Waals surface area contributed by atoms with Crippen molar-refractivity contribution in [1.82, 2.24) is 10.2 Å². The summed E-state index contributed by atoms with van der Waals surface area (Å²) in [6, 6.07) is 20.5. The number of likely N-dealkylation sites (N-methyl/N-ethyl adjacent to an activating group) is 1. The van der Waals surface area contributed by atoms with E-state index in [0.717, 1.165) is 10.9 Å². The molecule has 3 aromatic carbocycles. The molecule has 1 aliphatic heterocycles. The van der Waals surface area contributed by atoms with E-state index in [-0.39, 0.29) is 23.4 Å². The van der Waals surface area contributed by atoms with Crippen LogP contribution in [-0.4, -0.2) is 46.4 Å². The van der Waals surface area contributed by atoms with Crippen molar-refractivity contribution in [3.8, 4) is 0 Å². The molecule has 0 bridgehead atoms. The molecule has 0 aromatic heterocycles. The first-order valence-electron chi connectivity index (χ1n) is 9.42. The van der Waals surface area contributed by atoms with Gasteiger partial charge in [0, 0.05) is 11.9 Å². The first-order chi connectivity index (χ1) is 13.9. The van der Waals surface area contributed by atoms with Crippen LogP contribution in [0, 0.1) is 0 Å². The van der Waals surface area contributed by atoms with Gasteiger partial charge in [0.15, 0.2) is 0 Å². The van der Waals surface area contributed by atoms with Gasteiger partial charge in [-0.05, 0) is 37.2 Å². The third-order valence-electron chi connectivity index (χ3n) is 5.27. The van der Waals surface area contributed by atoms with Crippen molar-refractivity contribution in [1.29, 1.82) is 0 Å². The third-order valence-corrected chi connectivity index (χ3v) is 7.07. The summed E-state index contributed by atoms with van der Waals surface area (Å²) in [6.07, 6.45) is 0. The first-order valence-corrected chi connectivity index (χ1v) is 10.9. The molecule has 0 saturated heterocycles. The van der Waals surface area contributed by atoms with E-state index >= 15 is 0 Å². The Hall–Kier alpha value is -2.90. The number of hydrogen-bond acceptors (Lipinski definition) is 4. The lowest BCUT2D eigenvalue weighted by atomic mass is 10.1. The largest absolute Gasteiger partial charge is 0.353 e. The van der Waals surface area contributed by atoms with E-state index in [1.165, 1.54) is 4.31 Å². The molecule has 1 unspecified atom stereocenters. The number of benzene rings is 3. The van der Waals surface area contributed by atoms with Gasteiger partial charge in [-0.3, -0.25) is 9.10 Å². The van der Waals surface area contributed by atoms with Crippen LogP contribution in [0.3, 0.4) is 0 Å². The molecule has 1 heterocycles. The van der Waals surface area contributed by atoms with E-state index < -0.39 is 10.0 Å². The lowest BCUT2D eigenvalue weighted by Crippen LogP contribution is -2.42. The number of nitrogens with zero attached hydrogens (tertiary/aromatic N) is 2. The van der Waals surface area contributed by atoms with E-state index in [4.69, 9.17) is 0 Å². The molecule has 1 N–H and O–H groups in total. The van der Waals surface area contributed by atoms with Crippen LogP contribution in [0.5, 0.6) is 0 Å². The first kappa shape index (κ1) is 19.4. The van der Waals surface area contributed by atoms with Crippen LogP contribution in [0.15, 0.2) is 71.6 Å². The van der Waals surface area contributed by atoms with Crippen LogP contribution < -0.4 is 9.62 Å². The summed E-state index contributed by atoms with van der Waals surface area (Å²) in [5.41, 5.74) is 1.64. The van der Waals surface area contributed by atoms with Gasteiger partial charge in [0.1, 0.15) is 6.54 Å². The summed E-state index contributed by atoms with van der Waals surface area (Å²) in [5, 5.41) is 4.43. The minimum absolute atomic E-state index is 0.00374. The summed E-state index contributed by atoms with van der Waals surface area (Å²) >= 11 is 0. The zero-order valence-corrected chi connectivity index (χ0v) is 17.2. The van der Waals surface area contributed by atoms with E-state index in [2.05, 4.69) is 5.32 Å². The molecule has 6 nitrogen and oxygen atoms in total. The monoisotopic (exact) mass is 409 g/mol. The molecule has 150 valence electrons. The Labute approximate surface area is 170 Å². The number of carbonyl (C=O) groups is 1. The highest BCUT2D eigenvalue weighted by atomic mass is 32.2. The second kappa shape index (κ2) is 7.50. The Morgan fingerprint density at radius 1 is 1.00 bits per heavy atom. The number of carbonyl (C=O) groups excluding carboxylic acids is 1. The zero-order valence-electron chi connectivity index (χ0n) is 16.4. The van der Waals surface area contributed by atoms with Gasteiger partial charge in [-0.25, -0.2) is 8.42 Å². The smallest absolute Gasteiger partial charge is 0.265 e. The molecule has 29 heavy (non-hydrogen) atoms. The Kier molecular flexibility index (Phi) is 5.02. The predicted octanol–water partition coefficient (Wildman–Crippen LogP) is 2.77. The van der Waals surface area contributed by atoms with Crippen molar-refractivity contribution in [2.75, 3.05) is 31.5 Å². The molecule has 0 spiro atoms. The highest BCUT2D eigenvalue weighted by Gasteiger charge is 2.36. The zero-order chi connectivity index (χ0) is 20.6. The van der Waals surface area contributed by atoms with Gasteiger partial charge in [0.2, 0.25) is 5.91 Å². The molecular weight excluding hydrogens is 386 g/mol. The molecule has 1 atom stereocenters. The lowest BCUT2D eigenvalue weighted by molar-refractivity contribution is -0.119. The molecule has 0 saturated carbocycles. The Bertz CT molecular complexity index is 1160. The quantitative estimate of drug-likeness (QED) is 0.680. The average molecular weight is 410 g/mol. The van der Waals surface area contributed by atoms with Gasteiger partial charge >= 0.3 is 0 Å².